The van der Waals surface area contributed by atoms with Crippen LogP contribution < -0.4 is 0 Å². The molecular weight excluding hydrogens is 292 g/mol. The fraction of sp³-hybridized carbons (Fsp3) is 0.0714. The lowest BCUT2D eigenvalue weighted by atomic mass is 9.94. The zero-order valence-electron chi connectivity index (χ0n) is 9.38. The van der Waals surface area contributed by atoms with Gasteiger partial charge in [0, 0.05) is 10.0 Å². The fourth-order valence-corrected chi connectivity index (χ4v) is 2.31. The van der Waals surface area contributed by atoms with E-state index in [0.29, 0.717) is 5.56 Å². The number of hydrogen-bond acceptors (Lipinski definition) is 2. The van der Waals surface area contributed by atoms with Crippen LogP contribution in [0.25, 0.3) is 0 Å². The minimum Gasteiger partial charge on any atom is -0.265 e. The Labute approximate surface area is 113 Å². The smallest absolute Gasteiger partial charge is 0.265 e. The van der Waals surface area contributed by atoms with Gasteiger partial charge in [0.05, 0.1) is 0 Å². The van der Waals surface area contributed by atoms with Gasteiger partial charge >= 0.3 is 0 Å². The molecule has 1 aliphatic heterocycles. The van der Waals surface area contributed by atoms with Gasteiger partial charge in [0.25, 0.3) is 5.91 Å². The monoisotopic (exact) mass is 300 g/mol. The third-order valence-corrected chi connectivity index (χ3v) is 3.46. The lowest BCUT2D eigenvalue weighted by Crippen LogP contribution is -2.10. The Kier molecular flexibility index (Phi) is 2.80. The highest BCUT2D eigenvalue weighted by Gasteiger charge is 2.24. The van der Waals surface area contributed by atoms with E-state index < -0.39 is 0 Å². The van der Waals surface area contributed by atoms with Crippen molar-refractivity contribution in [2.24, 2.45) is 10.2 Å². The van der Waals surface area contributed by atoms with Gasteiger partial charge in [-0.1, -0.05) is 46.3 Å². The first-order chi connectivity index (χ1) is 8.75. The normalized spacial score (nSPS) is 17.6. The Morgan fingerprint density at radius 3 is 2.50 bits per heavy atom. The van der Waals surface area contributed by atoms with Crippen LogP contribution in [0, 0.1) is 0 Å². The molecule has 0 aliphatic carbocycles. The molecule has 1 atom stereocenters. The zero-order valence-corrected chi connectivity index (χ0v) is 11.0. The summed E-state index contributed by atoms with van der Waals surface area (Å²) in [6.07, 6.45) is 0. The van der Waals surface area contributed by atoms with Gasteiger partial charge in [0.2, 0.25) is 0 Å². The standard InChI is InChI=1S/C14H9BrN2O/c15-10-7-5-9(6-8-10)13-11-3-1-2-4-12(11)14(18)17-16-13/h1-8,13H. The molecule has 0 N–H and O–H groups in total. The molecule has 4 heteroatoms. The number of carbonyl (C=O) groups is 1. The van der Waals surface area contributed by atoms with Crippen LogP contribution in [0.2, 0.25) is 0 Å². The van der Waals surface area contributed by atoms with Crippen LogP contribution in [0.3, 0.4) is 0 Å². The highest BCUT2D eigenvalue weighted by Crippen LogP contribution is 2.33. The second-order valence-electron chi connectivity index (χ2n) is 4.06. The van der Waals surface area contributed by atoms with Crippen LogP contribution in [0.1, 0.15) is 27.5 Å². The predicted molar refractivity (Wildman–Crippen MR) is 71.6 cm³/mol. The SMILES string of the molecule is O=C1N=NC(c2ccc(Br)cc2)c2ccccc21. The second kappa shape index (κ2) is 4.46. The average molecular weight is 301 g/mol. The third kappa shape index (κ3) is 1.88. The minimum absolute atomic E-state index is 0.188. The van der Waals surface area contributed by atoms with Crippen molar-refractivity contribution < 1.29 is 4.79 Å². The predicted octanol–water partition coefficient (Wildman–Crippen LogP) is 4.14. The van der Waals surface area contributed by atoms with Gasteiger partial charge in [0.15, 0.2) is 0 Å². The number of halogens is 1. The lowest BCUT2D eigenvalue weighted by Gasteiger charge is -2.18. The molecule has 0 spiro atoms. The van der Waals surface area contributed by atoms with Crippen molar-refractivity contribution in [3.05, 3.63) is 69.7 Å². The molecular formula is C14H9BrN2O. The molecule has 3 nitrogen and oxygen atoms in total. The summed E-state index contributed by atoms with van der Waals surface area (Å²) in [6, 6.07) is 15.2. The summed E-state index contributed by atoms with van der Waals surface area (Å²) in [7, 11) is 0. The average Bonchev–Trinajstić information content (AvgIpc) is 2.41. The van der Waals surface area contributed by atoms with Crippen molar-refractivity contribution in [2.45, 2.75) is 6.04 Å². The van der Waals surface area contributed by atoms with E-state index in [2.05, 4.69) is 26.2 Å². The zero-order chi connectivity index (χ0) is 12.5. The number of rotatable bonds is 1. The van der Waals surface area contributed by atoms with Crippen molar-refractivity contribution >= 4 is 21.8 Å². The molecule has 1 aliphatic rings. The molecule has 2 aromatic rings. The van der Waals surface area contributed by atoms with Crippen molar-refractivity contribution in [1.29, 1.82) is 0 Å². The van der Waals surface area contributed by atoms with E-state index >= 15 is 0 Å². The van der Waals surface area contributed by atoms with Crippen LogP contribution in [-0.4, -0.2) is 5.91 Å². The van der Waals surface area contributed by atoms with E-state index in [9.17, 15) is 4.79 Å². The highest BCUT2D eigenvalue weighted by molar-refractivity contribution is 9.10. The molecule has 18 heavy (non-hydrogen) atoms. The van der Waals surface area contributed by atoms with E-state index in [0.717, 1.165) is 15.6 Å². The summed E-state index contributed by atoms with van der Waals surface area (Å²) in [4.78, 5) is 11.6. The first-order valence-electron chi connectivity index (χ1n) is 5.55. The number of benzene rings is 2. The van der Waals surface area contributed by atoms with Crippen LogP contribution in [0.15, 0.2) is 63.2 Å². The molecule has 0 fully saturated rings. The number of fused-ring (bicyclic) bond motifs is 1. The molecule has 0 bridgehead atoms. The van der Waals surface area contributed by atoms with Crippen LogP contribution in [0.4, 0.5) is 0 Å². The van der Waals surface area contributed by atoms with Crippen molar-refractivity contribution in [1.82, 2.24) is 0 Å². The molecule has 2 aromatic carbocycles. The topological polar surface area (TPSA) is 41.8 Å². The Balaban J connectivity index is 2.11. The number of carbonyl (C=O) groups excluding carboxylic acids is 1. The van der Waals surface area contributed by atoms with Gasteiger partial charge in [-0.3, -0.25) is 4.79 Å². The lowest BCUT2D eigenvalue weighted by molar-refractivity contribution is 0.0986. The maximum absolute atomic E-state index is 11.6. The van der Waals surface area contributed by atoms with E-state index in [1.54, 1.807) is 6.07 Å². The van der Waals surface area contributed by atoms with Gasteiger partial charge in [-0.2, -0.15) is 5.11 Å². The van der Waals surface area contributed by atoms with Crippen LogP contribution in [-0.2, 0) is 0 Å². The Hall–Kier alpha value is -1.81. The number of amides is 1. The van der Waals surface area contributed by atoms with Crippen molar-refractivity contribution in [3.63, 3.8) is 0 Å². The first-order valence-corrected chi connectivity index (χ1v) is 6.34. The Morgan fingerprint density at radius 2 is 1.72 bits per heavy atom. The first kappa shape index (κ1) is 11.3. The van der Waals surface area contributed by atoms with Crippen molar-refractivity contribution in [3.8, 4) is 0 Å². The van der Waals surface area contributed by atoms with Crippen LogP contribution in [0.5, 0.6) is 0 Å². The highest BCUT2D eigenvalue weighted by atomic mass is 79.9. The van der Waals surface area contributed by atoms with Crippen LogP contribution >= 0.6 is 15.9 Å². The molecule has 1 unspecified atom stereocenters. The van der Waals surface area contributed by atoms with Gasteiger partial charge in [-0.05, 0) is 29.3 Å². The Morgan fingerprint density at radius 1 is 1.00 bits per heavy atom. The molecule has 3 rings (SSSR count). The maximum Gasteiger partial charge on any atom is 0.295 e. The number of nitrogens with zero attached hydrogens (tertiary/aromatic N) is 2. The summed E-state index contributed by atoms with van der Waals surface area (Å²) in [5.41, 5.74) is 2.59. The Bertz CT molecular complexity index is 634. The molecule has 0 saturated heterocycles. The minimum atomic E-state index is -0.265. The van der Waals surface area contributed by atoms with Gasteiger partial charge < -0.3 is 0 Å². The van der Waals surface area contributed by atoms with Gasteiger partial charge in [0.1, 0.15) is 6.04 Å². The van der Waals surface area contributed by atoms with Gasteiger partial charge in [-0.15, -0.1) is 5.11 Å². The summed E-state index contributed by atoms with van der Waals surface area (Å²) in [5, 5.41) is 7.84. The summed E-state index contributed by atoms with van der Waals surface area (Å²) in [6.45, 7) is 0. The van der Waals surface area contributed by atoms with E-state index in [1.165, 1.54) is 0 Å². The van der Waals surface area contributed by atoms with E-state index in [-0.39, 0.29) is 11.9 Å². The quantitative estimate of drug-likeness (QED) is 0.780. The largest absolute Gasteiger partial charge is 0.295 e. The number of hydrogen-bond donors (Lipinski definition) is 0. The molecule has 88 valence electrons. The molecule has 0 radical (unpaired) electrons. The van der Waals surface area contributed by atoms with E-state index in [4.69, 9.17) is 0 Å². The summed E-state index contributed by atoms with van der Waals surface area (Å²) < 4.78 is 1.02. The molecule has 1 heterocycles. The van der Waals surface area contributed by atoms with Gasteiger partial charge in [-0.25, -0.2) is 0 Å². The third-order valence-electron chi connectivity index (χ3n) is 2.94. The molecule has 0 saturated carbocycles. The molecule has 1 amide bonds. The molecule has 0 aromatic heterocycles. The van der Waals surface area contributed by atoms with E-state index in [1.807, 2.05) is 42.5 Å². The maximum atomic E-state index is 11.6. The number of azo groups is 1. The summed E-state index contributed by atoms with van der Waals surface area (Å²) in [5.74, 6) is -0.265. The summed E-state index contributed by atoms with van der Waals surface area (Å²) >= 11 is 3.40. The second-order valence-corrected chi connectivity index (χ2v) is 4.98. The fourth-order valence-electron chi connectivity index (χ4n) is 2.05. The van der Waals surface area contributed by atoms with Crippen molar-refractivity contribution in [2.75, 3.05) is 0 Å².